The Morgan fingerprint density at radius 3 is 2.48 bits per heavy atom. The lowest BCUT2D eigenvalue weighted by Crippen LogP contribution is -2.33. The summed E-state index contributed by atoms with van der Waals surface area (Å²) in [5.41, 5.74) is 4.69. The molecule has 0 radical (unpaired) electrons. The van der Waals surface area contributed by atoms with Gasteiger partial charge in [0, 0.05) is 24.8 Å². The highest BCUT2D eigenvalue weighted by Gasteiger charge is 2.08. The Morgan fingerprint density at radius 1 is 1.04 bits per heavy atom. The smallest absolute Gasteiger partial charge is 0.239 e. The first-order valence-corrected chi connectivity index (χ1v) is 8.60. The molecule has 0 aliphatic heterocycles. The highest BCUT2D eigenvalue weighted by atomic mass is 16.1. The Balaban J connectivity index is 1.79. The van der Waals surface area contributed by atoms with Gasteiger partial charge in [-0.1, -0.05) is 42.0 Å². The van der Waals surface area contributed by atoms with Gasteiger partial charge in [-0.3, -0.25) is 4.79 Å². The molecule has 0 spiro atoms. The number of hydrogen-bond donors (Lipinski definition) is 1. The van der Waals surface area contributed by atoms with Crippen LogP contribution in [0.2, 0.25) is 0 Å². The van der Waals surface area contributed by atoms with Gasteiger partial charge in [0.1, 0.15) is 6.54 Å². The van der Waals surface area contributed by atoms with Gasteiger partial charge in [0.2, 0.25) is 5.91 Å². The molecule has 0 saturated carbocycles. The average molecular weight is 335 g/mol. The van der Waals surface area contributed by atoms with Gasteiger partial charge < -0.3 is 14.8 Å². The van der Waals surface area contributed by atoms with Crippen molar-refractivity contribution in [3.05, 3.63) is 60.3 Å². The van der Waals surface area contributed by atoms with Crippen LogP contribution in [0.4, 0.5) is 0 Å². The molecule has 130 valence electrons. The molecule has 0 aliphatic carbocycles. The van der Waals surface area contributed by atoms with E-state index in [4.69, 9.17) is 0 Å². The lowest BCUT2D eigenvalue weighted by Gasteiger charge is -2.11. The lowest BCUT2D eigenvalue weighted by molar-refractivity contribution is -0.121. The summed E-state index contributed by atoms with van der Waals surface area (Å²) in [4.78, 5) is 14.2. The number of carbonyl (C=O) groups is 1. The lowest BCUT2D eigenvalue weighted by atomic mass is 10.0. The maximum atomic E-state index is 12.2. The van der Waals surface area contributed by atoms with E-state index in [1.165, 1.54) is 16.7 Å². The molecule has 1 aromatic heterocycles. The average Bonchev–Trinajstić information content (AvgIpc) is 2.97. The maximum absolute atomic E-state index is 12.2. The molecule has 4 nitrogen and oxygen atoms in total. The summed E-state index contributed by atoms with van der Waals surface area (Å²) >= 11 is 0. The third-order valence-corrected chi connectivity index (χ3v) is 4.35. The van der Waals surface area contributed by atoms with Crippen LogP contribution in [0.1, 0.15) is 5.56 Å². The molecule has 3 rings (SSSR count). The van der Waals surface area contributed by atoms with Crippen LogP contribution in [0.3, 0.4) is 0 Å². The summed E-state index contributed by atoms with van der Waals surface area (Å²) in [5.74, 6) is 0.0417. The van der Waals surface area contributed by atoms with Crippen LogP contribution in [0.15, 0.2) is 54.7 Å². The molecule has 0 bridgehead atoms. The number of aryl methyl sites for hydroxylation is 1. The second-order valence-corrected chi connectivity index (χ2v) is 6.74. The van der Waals surface area contributed by atoms with Crippen LogP contribution in [0.25, 0.3) is 22.0 Å². The van der Waals surface area contributed by atoms with E-state index in [9.17, 15) is 4.79 Å². The number of hydrogen-bond acceptors (Lipinski definition) is 2. The van der Waals surface area contributed by atoms with Gasteiger partial charge in [0.15, 0.2) is 0 Å². The molecule has 0 atom stereocenters. The van der Waals surface area contributed by atoms with E-state index in [-0.39, 0.29) is 5.91 Å². The van der Waals surface area contributed by atoms with E-state index in [0.717, 1.165) is 17.4 Å². The van der Waals surface area contributed by atoms with Crippen LogP contribution in [0, 0.1) is 6.92 Å². The minimum atomic E-state index is 0.0417. The number of nitrogens with one attached hydrogen (secondary N) is 1. The topological polar surface area (TPSA) is 37.3 Å². The number of fused-ring (bicyclic) bond motifs is 1. The molecule has 3 aromatic rings. The second-order valence-electron chi connectivity index (χ2n) is 6.74. The van der Waals surface area contributed by atoms with Gasteiger partial charge >= 0.3 is 0 Å². The zero-order valence-corrected chi connectivity index (χ0v) is 15.1. The molecule has 4 heteroatoms. The van der Waals surface area contributed by atoms with Gasteiger partial charge in [-0.05, 0) is 49.7 Å². The van der Waals surface area contributed by atoms with Gasteiger partial charge in [-0.2, -0.15) is 0 Å². The third kappa shape index (κ3) is 4.28. The van der Waals surface area contributed by atoms with Gasteiger partial charge in [0.25, 0.3) is 0 Å². The van der Waals surface area contributed by atoms with Crippen molar-refractivity contribution >= 4 is 16.8 Å². The SMILES string of the molecule is Cc1ccc(-c2ccc3ccn(CC(=O)NCCN(C)C)c3c2)cc1. The fraction of sp³-hybridized carbons (Fsp3) is 0.286. The van der Waals surface area contributed by atoms with E-state index in [1.807, 2.05) is 24.9 Å². The molecule has 0 unspecified atom stereocenters. The molecule has 0 aliphatic rings. The van der Waals surface area contributed by atoms with Crippen molar-refractivity contribution < 1.29 is 4.79 Å². The number of likely N-dealkylation sites (N-methyl/N-ethyl adjacent to an activating group) is 1. The normalized spacial score (nSPS) is 11.2. The van der Waals surface area contributed by atoms with Crippen molar-refractivity contribution in [3.8, 4) is 11.1 Å². The van der Waals surface area contributed by atoms with Crippen molar-refractivity contribution in [1.29, 1.82) is 0 Å². The number of rotatable bonds is 6. The first kappa shape index (κ1) is 17.2. The molecule has 0 fully saturated rings. The van der Waals surface area contributed by atoms with Crippen molar-refractivity contribution in [1.82, 2.24) is 14.8 Å². The Hall–Kier alpha value is -2.59. The first-order valence-electron chi connectivity index (χ1n) is 8.60. The van der Waals surface area contributed by atoms with Crippen LogP contribution in [-0.2, 0) is 11.3 Å². The summed E-state index contributed by atoms with van der Waals surface area (Å²) in [5, 5.41) is 4.12. The quantitative estimate of drug-likeness (QED) is 0.750. The van der Waals surface area contributed by atoms with Gasteiger partial charge in [-0.25, -0.2) is 0 Å². The highest BCUT2D eigenvalue weighted by molar-refractivity contribution is 5.87. The zero-order chi connectivity index (χ0) is 17.8. The highest BCUT2D eigenvalue weighted by Crippen LogP contribution is 2.25. The Morgan fingerprint density at radius 2 is 1.76 bits per heavy atom. The van der Waals surface area contributed by atoms with Crippen molar-refractivity contribution in [2.24, 2.45) is 0 Å². The summed E-state index contributed by atoms with van der Waals surface area (Å²) in [6, 6.07) is 17.0. The maximum Gasteiger partial charge on any atom is 0.239 e. The second kappa shape index (κ2) is 7.53. The minimum Gasteiger partial charge on any atom is -0.353 e. The minimum absolute atomic E-state index is 0.0417. The molecule has 2 aromatic carbocycles. The predicted octanol–water partition coefficient (Wildman–Crippen LogP) is 3.29. The number of nitrogens with zero attached hydrogens (tertiary/aromatic N) is 2. The fourth-order valence-electron chi connectivity index (χ4n) is 2.88. The molecule has 25 heavy (non-hydrogen) atoms. The van der Waals surface area contributed by atoms with Gasteiger partial charge in [0.05, 0.1) is 0 Å². The summed E-state index contributed by atoms with van der Waals surface area (Å²) < 4.78 is 2.01. The van der Waals surface area contributed by atoms with E-state index in [0.29, 0.717) is 13.1 Å². The van der Waals surface area contributed by atoms with Crippen LogP contribution in [-0.4, -0.2) is 42.6 Å². The number of amides is 1. The Bertz CT molecular complexity index is 862. The molecule has 0 saturated heterocycles. The summed E-state index contributed by atoms with van der Waals surface area (Å²) in [7, 11) is 4.00. The summed E-state index contributed by atoms with van der Waals surface area (Å²) in [6.07, 6.45) is 1.98. The molecule has 1 amide bonds. The van der Waals surface area contributed by atoms with Crippen LogP contribution < -0.4 is 5.32 Å². The Labute approximate surface area is 149 Å². The van der Waals surface area contributed by atoms with Crippen LogP contribution in [0.5, 0.6) is 0 Å². The van der Waals surface area contributed by atoms with E-state index in [2.05, 4.69) is 65.7 Å². The number of benzene rings is 2. The van der Waals surface area contributed by atoms with Crippen molar-refractivity contribution in [3.63, 3.8) is 0 Å². The number of aromatic nitrogens is 1. The first-order chi connectivity index (χ1) is 12.0. The van der Waals surface area contributed by atoms with E-state index >= 15 is 0 Å². The fourth-order valence-corrected chi connectivity index (χ4v) is 2.88. The predicted molar refractivity (Wildman–Crippen MR) is 104 cm³/mol. The summed E-state index contributed by atoms with van der Waals surface area (Å²) in [6.45, 7) is 3.94. The number of carbonyl (C=O) groups excluding carboxylic acids is 1. The van der Waals surface area contributed by atoms with E-state index in [1.54, 1.807) is 0 Å². The Kier molecular flexibility index (Phi) is 5.19. The molecule has 1 N–H and O–H groups in total. The van der Waals surface area contributed by atoms with Gasteiger partial charge in [-0.15, -0.1) is 0 Å². The van der Waals surface area contributed by atoms with Crippen molar-refractivity contribution in [2.75, 3.05) is 27.2 Å². The third-order valence-electron chi connectivity index (χ3n) is 4.35. The molecular formula is C21H25N3O. The standard InChI is InChI=1S/C21H25N3O/c1-16-4-6-17(7-5-16)19-9-8-18-10-12-24(20(18)14-19)15-21(25)22-11-13-23(2)3/h4-10,12,14H,11,13,15H2,1-3H3,(H,22,25). The monoisotopic (exact) mass is 335 g/mol. The molecular weight excluding hydrogens is 310 g/mol. The zero-order valence-electron chi connectivity index (χ0n) is 15.1. The van der Waals surface area contributed by atoms with E-state index < -0.39 is 0 Å². The largest absolute Gasteiger partial charge is 0.353 e. The van der Waals surface area contributed by atoms with Crippen molar-refractivity contribution in [2.45, 2.75) is 13.5 Å². The molecule has 1 heterocycles. The van der Waals surface area contributed by atoms with Crippen LogP contribution >= 0.6 is 0 Å².